The summed E-state index contributed by atoms with van der Waals surface area (Å²) in [6.07, 6.45) is 3.96. The first kappa shape index (κ1) is 16.3. The molecule has 0 N–H and O–H groups in total. The highest BCUT2D eigenvalue weighted by atomic mass is 32.1. The number of hydrogen-bond acceptors (Lipinski definition) is 4. The van der Waals surface area contributed by atoms with E-state index in [1.165, 1.54) is 4.88 Å². The molecule has 0 aliphatic carbocycles. The number of hydrogen-bond donors (Lipinski definition) is 0. The van der Waals surface area contributed by atoms with Gasteiger partial charge in [0.25, 0.3) is 5.91 Å². The van der Waals surface area contributed by atoms with E-state index >= 15 is 0 Å². The molecular weight excluding hydrogens is 332 g/mol. The van der Waals surface area contributed by atoms with Crippen LogP contribution in [0.3, 0.4) is 0 Å². The summed E-state index contributed by atoms with van der Waals surface area (Å²) in [5.74, 6) is 0.0998. The molecule has 4 rings (SSSR count). The number of pyridine rings is 1. The van der Waals surface area contributed by atoms with Crippen molar-refractivity contribution in [2.75, 3.05) is 13.1 Å². The average Bonchev–Trinajstić information content (AvgIpc) is 3.32. The number of fused-ring (bicyclic) bond motifs is 1. The molecule has 1 aliphatic rings. The quantitative estimate of drug-likeness (QED) is 0.705. The Kier molecular flexibility index (Phi) is 4.07. The van der Waals surface area contributed by atoms with Crippen molar-refractivity contribution in [3.8, 4) is 10.6 Å². The van der Waals surface area contributed by atoms with Gasteiger partial charge in [-0.2, -0.15) is 5.10 Å². The minimum atomic E-state index is 0.0998. The van der Waals surface area contributed by atoms with E-state index in [4.69, 9.17) is 4.98 Å². The van der Waals surface area contributed by atoms with Gasteiger partial charge in [-0.1, -0.05) is 0 Å². The second kappa shape index (κ2) is 6.26. The number of thiophene rings is 1. The molecule has 130 valence electrons. The lowest BCUT2D eigenvalue weighted by Gasteiger charge is -2.16. The molecular formula is C19H22N4OS. The van der Waals surface area contributed by atoms with Gasteiger partial charge in [-0.25, -0.2) is 9.67 Å². The van der Waals surface area contributed by atoms with Crippen LogP contribution in [-0.2, 0) is 0 Å². The Morgan fingerprint density at radius 1 is 1.24 bits per heavy atom. The van der Waals surface area contributed by atoms with Crippen molar-refractivity contribution in [2.24, 2.45) is 0 Å². The summed E-state index contributed by atoms with van der Waals surface area (Å²) in [6.45, 7) is 7.93. The zero-order valence-electron chi connectivity index (χ0n) is 14.8. The van der Waals surface area contributed by atoms with E-state index in [2.05, 4.69) is 38.0 Å². The van der Waals surface area contributed by atoms with Crippen LogP contribution in [0.4, 0.5) is 0 Å². The lowest BCUT2D eigenvalue weighted by atomic mass is 10.1. The highest BCUT2D eigenvalue weighted by Crippen LogP contribution is 2.31. The smallest absolute Gasteiger partial charge is 0.254 e. The van der Waals surface area contributed by atoms with Crippen LogP contribution in [-0.4, -0.2) is 38.7 Å². The predicted octanol–water partition coefficient (Wildman–Crippen LogP) is 4.29. The van der Waals surface area contributed by atoms with Crippen molar-refractivity contribution in [3.63, 3.8) is 0 Å². The number of aryl methyl sites for hydroxylation is 1. The largest absolute Gasteiger partial charge is 0.339 e. The number of likely N-dealkylation sites (tertiary alicyclic amines) is 1. The van der Waals surface area contributed by atoms with Gasteiger partial charge in [0.05, 0.1) is 27.7 Å². The van der Waals surface area contributed by atoms with Crippen molar-refractivity contribution < 1.29 is 4.79 Å². The first-order chi connectivity index (χ1) is 12.0. The fraction of sp³-hybridized carbons (Fsp3) is 0.421. The van der Waals surface area contributed by atoms with Gasteiger partial charge in [-0.3, -0.25) is 4.79 Å². The van der Waals surface area contributed by atoms with Crippen LogP contribution in [0.15, 0.2) is 24.4 Å². The Balaban J connectivity index is 1.91. The fourth-order valence-electron chi connectivity index (χ4n) is 3.36. The van der Waals surface area contributed by atoms with Gasteiger partial charge in [0.15, 0.2) is 5.65 Å². The zero-order valence-corrected chi connectivity index (χ0v) is 15.6. The van der Waals surface area contributed by atoms with Gasteiger partial charge in [-0.05, 0) is 51.8 Å². The maximum Gasteiger partial charge on any atom is 0.254 e. The van der Waals surface area contributed by atoms with Crippen molar-refractivity contribution in [3.05, 3.63) is 34.8 Å². The molecule has 25 heavy (non-hydrogen) atoms. The summed E-state index contributed by atoms with van der Waals surface area (Å²) in [5, 5.41) is 5.34. The molecule has 0 saturated carbocycles. The van der Waals surface area contributed by atoms with Gasteiger partial charge < -0.3 is 4.90 Å². The summed E-state index contributed by atoms with van der Waals surface area (Å²) < 4.78 is 1.90. The minimum absolute atomic E-state index is 0.0998. The van der Waals surface area contributed by atoms with Gasteiger partial charge in [0.1, 0.15) is 0 Å². The Morgan fingerprint density at radius 2 is 2.00 bits per heavy atom. The number of nitrogens with zero attached hydrogens (tertiary/aromatic N) is 4. The molecule has 1 amide bonds. The summed E-state index contributed by atoms with van der Waals surface area (Å²) in [6, 6.07) is 6.31. The molecule has 0 bridgehead atoms. The Bertz CT molecular complexity index is 934. The molecule has 0 radical (unpaired) electrons. The van der Waals surface area contributed by atoms with Crippen molar-refractivity contribution in [1.82, 2.24) is 19.7 Å². The standard InChI is InChI=1S/C19H22N4OS/c1-12(2)23-18-15(11-20-23)14(19(24)22-8-4-5-9-22)10-16(21-18)17-7-6-13(3)25-17/h6-7,10-12H,4-5,8-9H2,1-3H3. The Morgan fingerprint density at radius 3 is 2.64 bits per heavy atom. The number of amides is 1. The monoisotopic (exact) mass is 354 g/mol. The molecule has 0 spiro atoms. The number of carbonyl (C=O) groups excluding carboxylic acids is 1. The number of carbonyl (C=O) groups is 1. The average molecular weight is 354 g/mol. The Hall–Kier alpha value is -2.21. The van der Waals surface area contributed by atoms with E-state index < -0.39 is 0 Å². The molecule has 1 aliphatic heterocycles. The van der Waals surface area contributed by atoms with Crippen LogP contribution >= 0.6 is 11.3 Å². The third-order valence-corrected chi connectivity index (χ3v) is 5.70. The molecule has 1 saturated heterocycles. The number of rotatable bonds is 3. The third-order valence-electron chi connectivity index (χ3n) is 4.67. The highest BCUT2D eigenvalue weighted by molar-refractivity contribution is 7.15. The summed E-state index contributed by atoms with van der Waals surface area (Å²) in [7, 11) is 0. The molecule has 5 nitrogen and oxygen atoms in total. The van der Waals surface area contributed by atoms with Gasteiger partial charge in [-0.15, -0.1) is 11.3 Å². The van der Waals surface area contributed by atoms with E-state index in [-0.39, 0.29) is 11.9 Å². The van der Waals surface area contributed by atoms with Crippen LogP contribution in [0.25, 0.3) is 21.6 Å². The number of aromatic nitrogens is 3. The highest BCUT2D eigenvalue weighted by Gasteiger charge is 2.24. The van der Waals surface area contributed by atoms with E-state index in [9.17, 15) is 4.79 Å². The topological polar surface area (TPSA) is 51.0 Å². The van der Waals surface area contributed by atoms with Crippen LogP contribution < -0.4 is 0 Å². The van der Waals surface area contributed by atoms with Crippen molar-refractivity contribution >= 4 is 28.3 Å². The maximum absolute atomic E-state index is 13.1. The maximum atomic E-state index is 13.1. The van der Waals surface area contributed by atoms with Crippen molar-refractivity contribution in [1.29, 1.82) is 0 Å². The molecule has 0 atom stereocenters. The molecule has 3 aromatic heterocycles. The SMILES string of the molecule is Cc1ccc(-c2cc(C(=O)N3CCCC3)c3cnn(C(C)C)c3n2)s1. The Labute approximate surface area is 151 Å². The zero-order chi connectivity index (χ0) is 17.6. The van der Waals surface area contributed by atoms with Crippen LogP contribution in [0.1, 0.15) is 48.0 Å². The van der Waals surface area contributed by atoms with Crippen LogP contribution in [0.2, 0.25) is 0 Å². The lowest BCUT2D eigenvalue weighted by molar-refractivity contribution is 0.0794. The van der Waals surface area contributed by atoms with Crippen LogP contribution in [0.5, 0.6) is 0 Å². The van der Waals surface area contributed by atoms with E-state index in [0.29, 0.717) is 0 Å². The second-order valence-corrected chi connectivity index (χ2v) is 8.17. The van der Waals surface area contributed by atoms with Crippen molar-refractivity contribution in [2.45, 2.75) is 39.7 Å². The van der Waals surface area contributed by atoms with E-state index in [1.807, 2.05) is 15.6 Å². The molecule has 1 fully saturated rings. The lowest BCUT2D eigenvalue weighted by Crippen LogP contribution is -2.27. The minimum Gasteiger partial charge on any atom is -0.339 e. The van der Waals surface area contributed by atoms with Gasteiger partial charge in [0.2, 0.25) is 0 Å². The summed E-state index contributed by atoms with van der Waals surface area (Å²) in [4.78, 5) is 22.2. The molecule has 3 aromatic rings. The molecule has 4 heterocycles. The first-order valence-corrected chi connectivity index (χ1v) is 9.60. The fourth-order valence-corrected chi connectivity index (χ4v) is 4.19. The molecule has 0 unspecified atom stereocenters. The van der Waals surface area contributed by atoms with E-state index in [0.717, 1.165) is 53.1 Å². The normalized spacial score (nSPS) is 14.8. The van der Waals surface area contributed by atoms with Gasteiger partial charge in [0, 0.05) is 24.0 Å². The van der Waals surface area contributed by atoms with Gasteiger partial charge >= 0.3 is 0 Å². The van der Waals surface area contributed by atoms with Crippen LogP contribution in [0, 0.1) is 6.92 Å². The molecule has 6 heteroatoms. The third kappa shape index (κ3) is 2.84. The predicted molar refractivity (Wildman–Crippen MR) is 101 cm³/mol. The van der Waals surface area contributed by atoms with E-state index in [1.54, 1.807) is 17.5 Å². The first-order valence-electron chi connectivity index (χ1n) is 8.79. The summed E-state index contributed by atoms with van der Waals surface area (Å²) >= 11 is 1.70. The molecule has 0 aromatic carbocycles. The summed E-state index contributed by atoms with van der Waals surface area (Å²) in [5.41, 5.74) is 2.37. The second-order valence-electron chi connectivity index (χ2n) is 6.88.